The van der Waals surface area contributed by atoms with E-state index >= 15 is 0 Å². The maximum atomic E-state index is 11.9. The smallest absolute Gasteiger partial charge is 0.335 e. The fourth-order valence-electron chi connectivity index (χ4n) is 2.34. The van der Waals surface area contributed by atoms with E-state index in [2.05, 4.69) is 11.9 Å². The summed E-state index contributed by atoms with van der Waals surface area (Å²) in [4.78, 5) is 22.9. The second-order valence-corrected chi connectivity index (χ2v) is 5.96. The Labute approximate surface area is 148 Å². The van der Waals surface area contributed by atoms with Gasteiger partial charge in [0.1, 0.15) is 5.75 Å². The van der Waals surface area contributed by atoms with Crippen molar-refractivity contribution in [2.24, 2.45) is 5.92 Å². The molecule has 1 rings (SSSR count). The van der Waals surface area contributed by atoms with Crippen LogP contribution in [0.4, 0.5) is 0 Å². The quantitative estimate of drug-likeness (QED) is 0.474. The number of amides is 1. The third-order valence-electron chi connectivity index (χ3n) is 3.63. The van der Waals surface area contributed by atoms with Crippen LogP contribution in [-0.2, 0) is 9.53 Å². The van der Waals surface area contributed by atoms with Crippen LogP contribution in [0.25, 0.3) is 0 Å². The van der Waals surface area contributed by atoms with Crippen LogP contribution >= 0.6 is 0 Å². The molecule has 0 heterocycles. The van der Waals surface area contributed by atoms with E-state index in [0.29, 0.717) is 38.5 Å². The minimum Gasteiger partial charge on any atom is -0.493 e. The van der Waals surface area contributed by atoms with Crippen LogP contribution in [0.1, 0.15) is 34.8 Å². The summed E-state index contributed by atoms with van der Waals surface area (Å²) in [6, 6.07) is 3.19. The Bertz CT molecular complexity index is 589. The maximum absolute atomic E-state index is 11.9. The van der Waals surface area contributed by atoms with E-state index in [4.69, 9.17) is 14.6 Å². The lowest BCUT2D eigenvalue weighted by molar-refractivity contribution is -0.126. The number of ether oxygens (including phenoxy) is 2. The summed E-state index contributed by atoms with van der Waals surface area (Å²) in [5.74, 6) is -0.523. The minimum absolute atomic E-state index is 0.0535. The molecule has 1 atom stereocenters. The van der Waals surface area contributed by atoms with Crippen molar-refractivity contribution in [3.8, 4) is 5.75 Å². The molecule has 0 aliphatic carbocycles. The number of hydrogen-bond donors (Lipinski definition) is 2. The first-order chi connectivity index (χ1) is 11.9. The highest BCUT2D eigenvalue weighted by Gasteiger charge is 2.13. The molecule has 0 aliphatic rings. The van der Waals surface area contributed by atoms with Crippen LogP contribution in [-0.4, -0.2) is 43.3 Å². The second kappa shape index (κ2) is 10.5. The Morgan fingerprint density at radius 3 is 2.52 bits per heavy atom. The van der Waals surface area contributed by atoms with Crippen LogP contribution in [0.3, 0.4) is 0 Å². The molecule has 6 heteroatoms. The van der Waals surface area contributed by atoms with Gasteiger partial charge in [-0.05, 0) is 43.5 Å². The van der Waals surface area contributed by atoms with E-state index in [1.165, 1.54) is 0 Å². The molecular weight excluding hydrogens is 322 g/mol. The van der Waals surface area contributed by atoms with E-state index in [1.807, 2.05) is 20.8 Å². The van der Waals surface area contributed by atoms with Crippen molar-refractivity contribution in [1.82, 2.24) is 5.32 Å². The van der Waals surface area contributed by atoms with Gasteiger partial charge in [-0.3, -0.25) is 4.79 Å². The van der Waals surface area contributed by atoms with Crippen molar-refractivity contribution in [3.63, 3.8) is 0 Å². The first kappa shape index (κ1) is 20.7. The lowest BCUT2D eigenvalue weighted by Gasteiger charge is -2.14. The Kier molecular flexibility index (Phi) is 8.70. The number of benzene rings is 1. The molecule has 0 saturated carbocycles. The highest BCUT2D eigenvalue weighted by molar-refractivity contribution is 5.88. The summed E-state index contributed by atoms with van der Waals surface area (Å²) in [5.41, 5.74) is 1.83. The molecule has 2 N–H and O–H groups in total. The molecule has 138 valence electrons. The fourth-order valence-corrected chi connectivity index (χ4v) is 2.34. The first-order valence-corrected chi connectivity index (χ1v) is 8.30. The van der Waals surface area contributed by atoms with Crippen LogP contribution in [0.15, 0.2) is 24.8 Å². The second-order valence-electron chi connectivity index (χ2n) is 5.96. The summed E-state index contributed by atoms with van der Waals surface area (Å²) >= 11 is 0. The Hall–Kier alpha value is -2.34. The van der Waals surface area contributed by atoms with E-state index in [-0.39, 0.29) is 17.4 Å². The van der Waals surface area contributed by atoms with Crippen LogP contribution in [0.5, 0.6) is 5.75 Å². The molecule has 1 unspecified atom stereocenters. The number of hydrogen-bond acceptors (Lipinski definition) is 4. The zero-order chi connectivity index (χ0) is 18.8. The van der Waals surface area contributed by atoms with Crippen molar-refractivity contribution >= 4 is 11.9 Å². The highest BCUT2D eigenvalue weighted by Crippen LogP contribution is 2.25. The molecule has 0 bridgehead atoms. The monoisotopic (exact) mass is 349 g/mol. The number of aromatic carboxylic acids is 1. The molecule has 0 saturated heterocycles. The van der Waals surface area contributed by atoms with Gasteiger partial charge in [0.25, 0.3) is 0 Å². The molecule has 0 radical (unpaired) electrons. The van der Waals surface area contributed by atoms with Gasteiger partial charge < -0.3 is 19.9 Å². The summed E-state index contributed by atoms with van der Waals surface area (Å²) in [6.07, 6.45) is 2.31. The Morgan fingerprint density at radius 1 is 1.32 bits per heavy atom. The van der Waals surface area contributed by atoms with Gasteiger partial charge in [-0.15, -0.1) is 6.58 Å². The zero-order valence-electron chi connectivity index (χ0n) is 15.1. The summed E-state index contributed by atoms with van der Waals surface area (Å²) in [6.45, 7) is 10.8. The topological polar surface area (TPSA) is 84.9 Å². The van der Waals surface area contributed by atoms with E-state index in [1.54, 1.807) is 18.2 Å². The number of rotatable bonds is 11. The van der Waals surface area contributed by atoms with Gasteiger partial charge in [-0.25, -0.2) is 4.79 Å². The van der Waals surface area contributed by atoms with Gasteiger partial charge in [-0.2, -0.15) is 0 Å². The first-order valence-electron chi connectivity index (χ1n) is 8.30. The standard InChI is InChI=1S/C19H27NO5/c1-5-8-24-12-15(4)18(21)20-7-6-9-25-17-13(2)10-16(19(22)23)11-14(17)3/h5,10-11,15H,1,6-9,12H2,2-4H3,(H,20,21)(H,22,23). The van der Waals surface area contributed by atoms with Gasteiger partial charge in [0.15, 0.2) is 0 Å². The van der Waals surface area contributed by atoms with Crippen molar-refractivity contribution in [2.45, 2.75) is 27.2 Å². The number of aryl methyl sites for hydroxylation is 2. The largest absolute Gasteiger partial charge is 0.493 e. The molecule has 0 spiro atoms. The van der Waals surface area contributed by atoms with Crippen molar-refractivity contribution < 1.29 is 24.2 Å². The average molecular weight is 349 g/mol. The third kappa shape index (κ3) is 6.97. The maximum Gasteiger partial charge on any atom is 0.335 e. The lowest BCUT2D eigenvalue weighted by Crippen LogP contribution is -2.33. The summed E-state index contributed by atoms with van der Waals surface area (Å²) < 4.78 is 11.0. The van der Waals surface area contributed by atoms with Crippen LogP contribution < -0.4 is 10.1 Å². The fraction of sp³-hybridized carbons (Fsp3) is 0.474. The van der Waals surface area contributed by atoms with E-state index in [0.717, 1.165) is 11.1 Å². The number of carboxylic acid groups (broad SMARTS) is 1. The van der Waals surface area contributed by atoms with Crippen molar-refractivity contribution in [2.75, 3.05) is 26.4 Å². The van der Waals surface area contributed by atoms with Gasteiger partial charge in [0.05, 0.1) is 31.3 Å². The minimum atomic E-state index is -0.952. The Morgan fingerprint density at radius 2 is 1.96 bits per heavy atom. The number of carboxylic acids is 1. The van der Waals surface area contributed by atoms with Gasteiger partial charge in [0.2, 0.25) is 5.91 Å². The molecule has 0 aromatic heterocycles. The molecule has 6 nitrogen and oxygen atoms in total. The molecule has 0 aliphatic heterocycles. The predicted octanol–water partition coefficient (Wildman–Crippen LogP) is 2.73. The van der Waals surface area contributed by atoms with Crippen molar-refractivity contribution in [1.29, 1.82) is 0 Å². The van der Waals surface area contributed by atoms with E-state index < -0.39 is 5.97 Å². The molecule has 1 amide bonds. The van der Waals surface area contributed by atoms with Crippen LogP contribution in [0.2, 0.25) is 0 Å². The van der Waals surface area contributed by atoms with Gasteiger partial charge >= 0.3 is 5.97 Å². The molecular formula is C19H27NO5. The normalized spacial score (nSPS) is 11.6. The number of nitrogens with one attached hydrogen (secondary N) is 1. The van der Waals surface area contributed by atoms with E-state index in [9.17, 15) is 9.59 Å². The molecule has 1 aromatic rings. The molecule has 0 fully saturated rings. The van der Waals surface area contributed by atoms with Crippen LogP contribution in [0, 0.1) is 19.8 Å². The zero-order valence-corrected chi connectivity index (χ0v) is 15.1. The average Bonchev–Trinajstić information content (AvgIpc) is 2.56. The predicted molar refractivity (Wildman–Crippen MR) is 96.2 cm³/mol. The van der Waals surface area contributed by atoms with Gasteiger partial charge in [-0.1, -0.05) is 13.0 Å². The Balaban J connectivity index is 2.35. The summed E-state index contributed by atoms with van der Waals surface area (Å²) in [7, 11) is 0. The summed E-state index contributed by atoms with van der Waals surface area (Å²) in [5, 5.41) is 11.9. The molecule has 1 aromatic carbocycles. The lowest BCUT2D eigenvalue weighted by atomic mass is 10.1. The highest BCUT2D eigenvalue weighted by atomic mass is 16.5. The molecule has 25 heavy (non-hydrogen) atoms. The number of carbonyl (C=O) groups excluding carboxylic acids is 1. The third-order valence-corrected chi connectivity index (χ3v) is 3.63. The van der Waals surface area contributed by atoms with Crippen molar-refractivity contribution in [3.05, 3.63) is 41.5 Å². The van der Waals surface area contributed by atoms with Gasteiger partial charge in [0, 0.05) is 6.54 Å². The SMILES string of the molecule is C=CCOCC(C)C(=O)NCCCOc1c(C)cc(C(=O)O)cc1C. The number of carbonyl (C=O) groups is 2.